The summed E-state index contributed by atoms with van der Waals surface area (Å²) in [7, 11) is -1.70. The Morgan fingerprint density at radius 3 is 2.63 bits per heavy atom. The van der Waals surface area contributed by atoms with E-state index in [0.717, 1.165) is 11.3 Å². The number of nitrogens with one attached hydrogen (secondary N) is 1. The molecule has 0 radical (unpaired) electrons. The van der Waals surface area contributed by atoms with Crippen molar-refractivity contribution in [2.45, 2.75) is 29.5 Å². The Balaban J connectivity index is 2.21. The molecule has 1 aliphatic rings. The summed E-state index contributed by atoms with van der Waals surface area (Å²) in [4.78, 5) is 6.03. The largest absolute Gasteiger partial charge is 0.306 e. The first-order valence-electron chi connectivity index (χ1n) is 5.93. The number of hydrogen-bond acceptors (Lipinski definition) is 6. The average Bonchev–Trinajstić information content (AvgIpc) is 2.80. The molecule has 0 spiro atoms. The van der Waals surface area contributed by atoms with Crippen molar-refractivity contribution in [2.24, 2.45) is 0 Å². The maximum atomic E-state index is 12.3. The van der Waals surface area contributed by atoms with Crippen LogP contribution in [0, 0.1) is 18.3 Å². The lowest BCUT2D eigenvalue weighted by Gasteiger charge is -2.35. The first-order valence-corrected chi connectivity index (χ1v) is 8.23. The van der Waals surface area contributed by atoms with Gasteiger partial charge in [-0.3, -0.25) is 0 Å². The van der Waals surface area contributed by atoms with Gasteiger partial charge >= 0.3 is 0 Å². The van der Waals surface area contributed by atoms with Crippen LogP contribution in [0.2, 0.25) is 0 Å². The molecule has 2 rings (SSSR count). The highest BCUT2D eigenvalue weighted by Gasteiger charge is 2.38. The predicted molar refractivity (Wildman–Crippen MR) is 72.2 cm³/mol. The van der Waals surface area contributed by atoms with Crippen molar-refractivity contribution in [1.82, 2.24) is 14.6 Å². The first kappa shape index (κ1) is 14.4. The van der Waals surface area contributed by atoms with Gasteiger partial charge in [0, 0.05) is 13.1 Å². The Kier molecular flexibility index (Phi) is 3.92. The van der Waals surface area contributed by atoms with Gasteiger partial charge in [0.05, 0.1) is 17.3 Å². The molecular formula is C11H16N4O2S2. The number of nitriles is 1. The van der Waals surface area contributed by atoms with Crippen molar-refractivity contribution in [1.29, 1.82) is 5.26 Å². The summed E-state index contributed by atoms with van der Waals surface area (Å²) in [6.07, 6.45) is 2.33. The second kappa shape index (κ2) is 5.17. The SMILES string of the molecule is Cc1ncc(S(=O)(=O)NC2(C#N)CCN(C)CC2)s1. The third kappa shape index (κ3) is 3.12. The molecule has 0 aliphatic carbocycles. The molecule has 0 unspecified atom stereocenters. The van der Waals surface area contributed by atoms with Crippen LogP contribution in [-0.4, -0.2) is 44.0 Å². The topological polar surface area (TPSA) is 86.1 Å². The monoisotopic (exact) mass is 300 g/mol. The van der Waals surface area contributed by atoms with Gasteiger partial charge in [0.15, 0.2) is 4.21 Å². The Labute approximate surface area is 117 Å². The quantitative estimate of drug-likeness (QED) is 0.889. The molecule has 19 heavy (non-hydrogen) atoms. The van der Waals surface area contributed by atoms with E-state index >= 15 is 0 Å². The van der Waals surface area contributed by atoms with Gasteiger partial charge in [-0.25, -0.2) is 13.4 Å². The maximum absolute atomic E-state index is 12.3. The highest BCUT2D eigenvalue weighted by Crippen LogP contribution is 2.25. The Morgan fingerprint density at radius 2 is 2.16 bits per heavy atom. The molecule has 1 aromatic rings. The number of hydrogen-bond donors (Lipinski definition) is 1. The van der Waals surface area contributed by atoms with E-state index in [-0.39, 0.29) is 4.21 Å². The summed E-state index contributed by atoms with van der Waals surface area (Å²) in [6.45, 7) is 3.16. The molecule has 1 aliphatic heterocycles. The van der Waals surface area contributed by atoms with Crippen LogP contribution in [0.1, 0.15) is 17.8 Å². The van der Waals surface area contributed by atoms with Gasteiger partial charge in [-0.1, -0.05) is 0 Å². The lowest BCUT2D eigenvalue weighted by molar-refractivity contribution is 0.213. The van der Waals surface area contributed by atoms with Crippen LogP contribution in [0.4, 0.5) is 0 Å². The molecular weight excluding hydrogens is 284 g/mol. The van der Waals surface area contributed by atoms with Gasteiger partial charge in [-0.2, -0.15) is 9.98 Å². The zero-order chi connectivity index (χ0) is 14.1. The number of nitrogens with zero attached hydrogens (tertiary/aromatic N) is 3. The fraction of sp³-hybridized carbons (Fsp3) is 0.636. The molecule has 0 amide bonds. The molecule has 0 aromatic carbocycles. The normalized spacial score (nSPS) is 20.1. The molecule has 0 atom stereocenters. The molecule has 1 saturated heterocycles. The van der Waals surface area contributed by atoms with E-state index < -0.39 is 15.6 Å². The van der Waals surface area contributed by atoms with Gasteiger partial charge in [0.25, 0.3) is 10.0 Å². The summed E-state index contributed by atoms with van der Waals surface area (Å²) < 4.78 is 27.2. The maximum Gasteiger partial charge on any atom is 0.253 e. The van der Waals surface area contributed by atoms with Gasteiger partial charge in [0.1, 0.15) is 5.54 Å². The van der Waals surface area contributed by atoms with Crippen LogP contribution in [-0.2, 0) is 10.0 Å². The molecule has 0 bridgehead atoms. The number of rotatable bonds is 3. The van der Waals surface area contributed by atoms with Crippen molar-refractivity contribution < 1.29 is 8.42 Å². The van der Waals surface area contributed by atoms with Crippen molar-refractivity contribution in [3.05, 3.63) is 11.2 Å². The number of sulfonamides is 1. The summed E-state index contributed by atoms with van der Waals surface area (Å²) in [5.41, 5.74) is -0.997. The van der Waals surface area contributed by atoms with Crippen LogP contribution in [0.15, 0.2) is 10.4 Å². The van der Waals surface area contributed by atoms with E-state index in [1.54, 1.807) is 6.92 Å². The third-order valence-corrected chi connectivity index (χ3v) is 6.16. The van der Waals surface area contributed by atoms with E-state index in [4.69, 9.17) is 0 Å². The molecule has 2 heterocycles. The minimum atomic E-state index is -3.66. The minimum absolute atomic E-state index is 0.165. The van der Waals surface area contributed by atoms with E-state index in [9.17, 15) is 13.7 Å². The number of likely N-dealkylation sites (tertiary alicyclic amines) is 1. The van der Waals surface area contributed by atoms with Gasteiger partial charge < -0.3 is 4.90 Å². The minimum Gasteiger partial charge on any atom is -0.306 e. The average molecular weight is 300 g/mol. The van der Waals surface area contributed by atoms with E-state index in [1.807, 2.05) is 7.05 Å². The van der Waals surface area contributed by atoms with Crippen LogP contribution in [0.5, 0.6) is 0 Å². The van der Waals surface area contributed by atoms with Crippen molar-refractivity contribution in [2.75, 3.05) is 20.1 Å². The van der Waals surface area contributed by atoms with E-state index in [1.165, 1.54) is 6.20 Å². The Morgan fingerprint density at radius 1 is 1.53 bits per heavy atom. The van der Waals surface area contributed by atoms with E-state index in [2.05, 4.69) is 20.7 Å². The van der Waals surface area contributed by atoms with Gasteiger partial charge in [-0.15, -0.1) is 11.3 Å². The smallest absolute Gasteiger partial charge is 0.253 e. The standard InChI is InChI=1S/C11H16N4O2S2/c1-9-13-7-10(18-9)19(16,17)14-11(8-12)3-5-15(2)6-4-11/h7,14H,3-6H2,1-2H3. The zero-order valence-electron chi connectivity index (χ0n) is 10.9. The summed E-state index contributed by atoms with van der Waals surface area (Å²) in [5, 5.41) is 10.0. The molecule has 1 N–H and O–H groups in total. The number of aryl methyl sites for hydroxylation is 1. The van der Waals surface area contributed by atoms with Gasteiger partial charge in [-0.05, 0) is 26.8 Å². The van der Waals surface area contributed by atoms with Crippen LogP contribution < -0.4 is 4.72 Å². The first-order chi connectivity index (χ1) is 8.87. The highest BCUT2D eigenvalue weighted by molar-refractivity contribution is 7.91. The Bertz CT molecular complexity index is 594. The van der Waals surface area contributed by atoms with Crippen molar-refractivity contribution in [3.8, 4) is 6.07 Å². The number of thiazole rings is 1. The second-order valence-corrected chi connectivity index (χ2v) is 7.95. The van der Waals surface area contributed by atoms with Crippen LogP contribution in [0.3, 0.4) is 0 Å². The third-order valence-electron chi connectivity index (χ3n) is 3.25. The zero-order valence-corrected chi connectivity index (χ0v) is 12.5. The van der Waals surface area contributed by atoms with Crippen LogP contribution >= 0.6 is 11.3 Å². The second-order valence-electron chi connectivity index (χ2n) is 4.80. The molecule has 104 valence electrons. The molecule has 6 nitrogen and oxygen atoms in total. The van der Waals surface area contributed by atoms with E-state index in [0.29, 0.717) is 30.9 Å². The molecule has 1 aromatic heterocycles. The fourth-order valence-corrected chi connectivity index (χ4v) is 4.49. The Hall–Kier alpha value is -1.01. The summed E-state index contributed by atoms with van der Waals surface area (Å²) in [6, 6.07) is 2.14. The molecule has 0 saturated carbocycles. The lowest BCUT2D eigenvalue weighted by atomic mass is 9.91. The van der Waals surface area contributed by atoms with Crippen molar-refractivity contribution >= 4 is 21.4 Å². The van der Waals surface area contributed by atoms with Gasteiger partial charge in [0.2, 0.25) is 0 Å². The highest BCUT2D eigenvalue weighted by atomic mass is 32.2. The van der Waals surface area contributed by atoms with Crippen molar-refractivity contribution in [3.63, 3.8) is 0 Å². The molecule has 8 heteroatoms. The lowest BCUT2D eigenvalue weighted by Crippen LogP contribution is -2.53. The molecule has 1 fully saturated rings. The predicted octanol–water partition coefficient (Wildman–Crippen LogP) is 0.718. The summed E-state index contributed by atoms with van der Waals surface area (Å²) in [5.74, 6) is 0. The number of piperidine rings is 1. The number of aromatic nitrogens is 1. The fourth-order valence-electron chi connectivity index (χ4n) is 2.01. The summed E-state index contributed by atoms with van der Waals surface area (Å²) >= 11 is 1.11. The van der Waals surface area contributed by atoms with Crippen LogP contribution in [0.25, 0.3) is 0 Å².